The molecule has 3 rings (SSSR count). The number of hydrogen-bond donors (Lipinski definition) is 2. The molecule has 0 aliphatic carbocycles. The van der Waals surface area contributed by atoms with Crippen molar-refractivity contribution >= 4 is 34.6 Å². The van der Waals surface area contributed by atoms with Crippen LogP contribution >= 0.6 is 11.6 Å². The van der Waals surface area contributed by atoms with E-state index in [9.17, 15) is 22.6 Å². The van der Waals surface area contributed by atoms with Crippen molar-refractivity contribution in [2.24, 2.45) is 0 Å². The van der Waals surface area contributed by atoms with E-state index >= 15 is 0 Å². The number of terminal acetylenes is 1. The summed E-state index contributed by atoms with van der Waals surface area (Å²) in [6, 6.07) is 7.48. The van der Waals surface area contributed by atoms with Gasteiger partial charge in [-0.1, -0.05) is 11.6 Å². The van der Waals surface area contributed by atoms with E-state index in [1.807, 2.05) is 7.05 Å². The summed E-state index contributed by atoms with van der Waals surface area (Å²) in [6.07, 6.45) is 8.61. The second-order valence-electron chi connectivity index (χ2n) is 8.73. The van der Waals surface area contributed by atoms with Crippen LogP contribution < -0.4 is 10.2 Å². The molecule has 1 atom stereocenters. The molecule has 0 aromatic heterocycles. The molecule has 1 heterocycles. The molecule has 10 nitrogen and oxygen atoms in total. The molecule has 2 amide bonds. The Hall–Kier alpha value is -3.28. The maximum absolute atomic E-state index is 14.8. The van der Waals surface area contributed by atoms with Crippen molar-refractivity contribution in [3.8, 4) is 24.3 Å². The van der Waals surface area contributed by atoms with Gasteiger partial charge in [0, 0.05) is 38.2 Å². The van der Waals surface area contributed by atoms with Gasteiger partial charge in [0.2, 0.25) is 0 Å². The van der Waals surface area contributed by atoms with Crippen LogP contribution in [0.25, 0.3) is 0 Å². The summed E-state index contributed by atoms with van der Waals surface area (Å²) in [5.41, 5.74) is 1.43. The first-order chi connectivity index (χ1) is 19.1. The van der Waals surface area contributed by atoms with E-state index in [2.05, 4.69) is 17.7 Å². The van der Waals surface area contributed by atoms with Crippen molar-refractivity contribution in [3.05, 3.63) is 53.1 Å². The number of halogens is 3. The summed E-state index contributed by atoms with van der Waals surface area (Å²) in [5.74, 6) is -3.71. The first-order valence-electron chi connectivity index (χ1n) is 12.0. The summed E-state index contributed by atoms with van der Waals surface area (Å²) in [4.78, 5) is 27.4. The molecule has 1 unspecified atom stereocenters. The van der Waals surface area contributed by atoms with Gasteiger partial charge < -0.3 is 19.3 Å². The topological polar surface area (TPSA) is 112 Å². The number of carbonyl (C=O) groups excluding carboxylic acids is 2. The van der Waals surface area contributed by atoms with Gasteiger partial charge in [-0.2, -0.15) is 0 Å². The molecule has 1 aliphatic heterocycles. The highest BCUT2D eigenvalue weighted by molar-refractivity contribution is 7.82. The minimum atomic E-state index is -2.24. The zero-order valence-corrected chi connectivity index (χ0v) is 23.6. The van der Waals surface area contributed by atoms with E-state index in [4.69, 9.17) is 26.3 Å². The van der Waals surface area contributed by atoms with Crippen molar-refractivity contribution in [2.45, 2.75) is 23.8 Å². The first-order valence-corrected chi connectivity index (χ1v) is 13.5. The Morgan fingerprint density at radius 2 is 1.73 bits per heavy atom. The van der Waals surface area contributed by atoms with Crippen LogP contribution in [-0.4, -0.2) is 88.4 Å². The Morgan fingerprint density at radius 3 is 2.27 bits per heavy atom. The lowest BCUT2D eigenvalue weighted by Crippen LogP contribution is -2.43. The number of piperidine rings is 1. The number of carbonyl (C=O) groups is 2. The first kappa shape index (κ1) is 32.9. The fraction of sp³-hybridized carbons (Fsp3) is 0.385. The zero-order chi connectivity index (χ0) is 29.8. The third-order valence-corrected chi connectivity index (χ3v) is 7.49. The van der Waals surface area contributed by atoms with Crippen LogP contribution in [-0.2, 0) is 20.5 Å². The molecule has 0 bridgehead atoms. The Labute approximate surface area is 239 Å². The predicted octanol–water partition coefficient (Wildman–Crippen LogP) is 3.65. The van der Waals surface area contributed by atoms with Gasteiger partial charge in [0.25, 0.3) is 5.91 Å². The van der Waals surface area contributed by atoms with E-state index in [-0.39, 0.29) is 29.8 Å². The molecule has 1 saturated heterocycles. The average molecular weight is 601 g/mol. The molecule has 1 aliphatic rings. The van der Waals surface area contributed by atoms with Gasteiger partial charge in [-0.15, -0.1) is 12.8 Å². The van der Waals surface area contributed by atoms with Crippen LogP contribution in [0.5, 0.6) is 11.5 Å². The molecule has 0 radical (unpaired) electrons. The fourth-order valence-corrected chi connectivity index (χ4v) is 4.92. The standard InChI is InChI=1S/C24H29ClF2N4O6S.C2H2/c1-29-9-7-18(8-10-29)37-24(33)30(2)11-12-31(15-22(32)28-34)38(35)19-13-20(26)23(21(27)14-19)36-17-5-3-16(25)4-6-17;1-2/h3-6,13-14,18,34H,7-12,15H2,1-2H3,(H,28,32);1-2H. The molecule has 14 heteroatoms. The number of nitrogens with one attached hydrogen (secondary N) is 1. The summed E-state index contributed by atoms with van der Waals surface area (Å²) in [6.45, 7) is 0.889. The van der Waals surface area contributed by atoms with Crippen LogP contribution in [0.2, 0.25) is 5.02 Å². The Balaban J connectivity index is 0.00000274. The number of likely N-dealkylation sites (tertiary alicyclic amines) is 1. The molecule has 218 valence electrons. The number of benzene rings is 2. The number of hydrogen-bond acceptors (Lipinski definition) is 7. The van der Waals surface area contributed by atoms with E-state index in [1.54, 1.807) is 0 Å². The fourth-order valence-electron chi connectivity index (χ4n) is 3.61. The number of rotatable bonds is 10. The largest absolute Gasteiger partial charge is 0.451 e. The second kappa shape index (κ2) is 16.1. The van der Waals surface area contributed by atoms with Crippen molar-refractivity contribution in [1.82, 2.24) is 19.6 Å². The van der Waals surface area contributed by atoms with Crippen molar-refractivity contribution in [2.75, 3.05) is 46.8 Å². The van der Waals surface area contributed by atoms with Crippen LogP contribution in [0.4, 0.5) is 13.6 Å². The highest BCUT2D eigenvalue weighted by Crippen LogP contribution is 2.30. The van der Waals surface area contributed by atoms with Gasteiger partial charge in [0.1, 0.15) is 22.8 Å². The zero-order valence-electron chi connectivity index (χ0n) is 22.0. The van der Waals surface area contributed by atoms with E-state index in [0.717, 1.165) is 29.5 Å². The Bertz CT molecular complexity index is 1170. The number of ether oxygens (including phenoxy) is 2. The second-order valence-corrected chi connectivity index (χ2v) is 10.7. The van der Waals surface area contributed by atoms with Crippen LogP contribution in [0, 0.1) is 24.5 Å². The van der Waals surface area contributed by atoms with Crippen LogP contribution in [0.15, 0.2) is 41.3 Å². The molecule has 2 N–H and O–H groups in total. The number of hydroxylamine groups is 1. The Kier molecular flexibility index (Phi) is 13.3. The van der Waals surface area contributed by atoms with E-state index < -0.39 is 46.9 Å². The molecular weight excluding hydrogens is 570 g/mol. The van der Waals surface area contributed by atoms with Crippen molar-refractivity contribution in [1.29, 1.82) is 0 Å². The van der Waals surface area contributed by atoms with E-state index in [0.29, 0.717) is 17.9 Å². The van der Waals surface area contributed by atoms with Gasteiger partial charge in [-0.3, -0.25) is 10.0 Å². The lowest BCUT2D eigenvalue weighted by atomic mass is 10.1. The molecule has 0 spiro atoms. The number of amides is 2. The maximum atomic E-state index is 14.8. The summed E-state index contributed by atoms with van der Waals surface area (Å²) in [7, 11) is 1.23. The van der Waals surface area contributed by atoms with Crippen LogP contribution in [0.3, 0.4) is 0 Å². The number of likely N-dealkylation sites (N-methyl/N-ethyl adjacent to an activating group) is 1. The molecule has 1 fully saturated rings. The minimum Gasteiger partial charge on any atom is -0.451 e. The normalized spacial score (nSPS) is 14.5. The lowest BCUT2D eigenvalue weighted by molar-refractivity contribution is -0.129. The van der Waals surface area contributed by atoms with Crippen molar-refractivity contribution in [3.63, 3.8) is 0 Å². The molecule has 0 saturated carbocycles. The molecule has 2 aromatic rings. The molecule has 2 aromatic carbocycles. The maximum Gasteiger partial charge on any atom is 0.409 e. The van der Waals surface area contributed by atoms with Crippen molar-refractivity contribution < 1.29 is 37.3 Å². The summed E-state index contributed by atoms with van der Waals surface area (Å²) in [5, 5.41) is 9.34. The quantitative estimate of drug-likeness (QED) is 0.243. The Morgan fingerprint density at radius 1 is 1.15 bits per heavy atom. The average Bonchev–Trinajstić information content (AvgIpc) is 2.95. The monoisotopic (exact) mass is 600 g/mol. The summed E-state index contributed by atoms with van der Waals surface area (Å²) < 4.78 is 54.5. The summed E-state index contributed by atoms with van der Waals surface area (Å²) >= 11 is 5.80. The van der Waals surface area contributed by atoms with Gasteiger partial charge >= 0.3 is 6.09 Å². The SMILES string of the molecule is C#C.CN1CCC(OC(=O)N(C)CCN(CC(=O)NO)S(=O)c2cc(F)c(Oc3ccc(Cl)cc3)c(F)c2)CC1. The van der Waals surface area contributed by atoms with Gasteiger partial charge in [0.15, 0.2) is 17.4 Å². The predicted molar refractivity (Wildman–Crippen MR) is 145 cm³/mol. The number of nitrogens with zero attached hydrogens (tertiary/aromatic N) is 3. The third-order valence-electron chi connectivity index (χ3n) is 5.82. The van der Waals surface area contributed by atoms with Crippen LogP contribution in [0.1, 0.15) is 12.8 Å². The molecular formula is C26H31ClF2N4O6S. The van der Waals surface area contributed by atoms with Gasteiger partial charge in [-0.05, 0) is 56.3 Å². The minimum absolute atomic E-state index is 0.0152. The lowest BCUT2D eigenvalue weighted by Gasteiger charge is -2.30. The van der Waals surface area contributed by atoms with Gasteiger partial charge in [0.05, 0.1) is 11.4 Å². The molecule has 40 heavy (non-hydrogen) atoms. The highest BCUT2D eigenvalue weighted by Gasteiger charge is 2.25. The smallest absolute Gasteiger partial charge is 0.409 e. The highest BCUT2D eigenvalue weighted by atomic mass is 35.5. The van der Waals surface area contributed by atoms with E-state index in [1.165, 1.54) is 41.7 Å². The van der Waals surface area contributed by atoms with Gasteiger partial charge in [-0.25, -0.2) is 27.6 Å². The third kappa shape index (κ3) is 9.72.